The van der Waals surface area contributed by atoms with Crippen LogP contribution in [0.3, 0.4) is 0 Å². The molecule has 478 valence electrons. The van der Waals surface area contributed by atoms with Crippen molar-refractivity contribution in [3.8, 4) is 0 Å². The van der Waals surface area contributed by atoms with Gasteiger partial charge in [-0.05, 0) is 103 Å². The lowest BCUT2D eigenvalue weighted by Crippen LogP contribution is -2.56. The number of unbranched alkanes of at least 4 members (excludes halogenated alkanes) is 1. The smallest absolute Gasteiger partial charge is 0.243 e. The van der Waals surface area contributed by atoms with Crippen LogP contribution in [0.5, 0.6) is 0 Å². The zero-order chi connectivity index (χ0) is 64.3. The first-order valence-corrected chi connectivity index (χ1v) is 28.6. The summed E-state index contributed by atoms with van der Waals surface area (Å²) in [5.74, 6) is -14.4. The molecule has 32 heteroatoms. The van der Waals surface area contributed by atoms with Crippen molar-refractivity contribution in [2.45, 2.75) is 179 Å². The Labute approximate surface area is 494 Å². The third-order valence-corrected chi connectivity index (χ3v) is 14.1. The van der Waals surface area contributed by atoms with Gasteiger partial charge >= 0.3 is 0 Å². The Hall–Kier alpha value is -8.32. The molecule has 1 saturated heterocycles. The van der Waals surface area contributed by atoms with Gasteiger partial charge in [-0.25, -0.2) is 0 Å². The molecule has 0 aliphatic carbocycles. The first-order valence-electron chi connectivity index (χ1n) is 28.6. The SMILES string of the molecule is CC(=O)C[C@@H](CCC(N)=O)C(=O)N[C@@H](CCCN=C(N)N)C(=O)C[C@@H](CCCN=C(N)N)C(=O)N1CCC[C@H]1C(=O)N[C@@H](CCC(N)=O)C(=O)N[C@@H](CCCN=C(N)N)C(=O)C[C@@H](CCC(N)=O)C(=O)N[C@@H](CCCCN)C(=O)C[C@@H](C)C(N)=O. The molecule has 32 nitrogen and oxygen atoms in total. The van der Waals surface area contributed by atoms with Crippen LogP contribution in [0.25, 0.3) is 0 Å². The van der Waals surface area contributed by atoms with Crippen molar-refractivity contribution in [2.75, 3.05) is 32.7 Å². The minimum Gasteiger partial charge on any atom is -0.370 e. The van der Waals surface area contributed by atoms with Gasteiger partial charge in [0.15, 0.2) is 35.2 Å². The fraction of sp³-hybridized carbons (Fsp3) is 0.698. The van der Waals surface area contributed by atoms with Crippen LogP contribution < -0.4 is 84.3 Å². The lowest BCUT2D eigenvalue weighted by atomic mass is 9.90. The van der Waals surface area contributed by atoms with Crippen LogP contribution in [-0.2, 0) is 62.3 Å². The van der Waals surface area contributed by atoms with E-state index in [0.717, 1.165) is 0 Å². The zero-order valence-electron chi connectivity index (χ0n) is 49.0. The second-order valence-electron chi connectivity index (χ2n) is 21.4. The molecule has 1 aliphatic rings. The standard InChI is InChI=1S/C53H93N19O13/c1-29(45(58)80)25-39(74)34(10-3-4-20-54)68-47(82)32(15-18-43(56)78)27-40(75)36(12-7-23-67-53(63)64)70-48(83)37(16-19-44(57)79)71-49(84)38-13-8-24-72(38)50(85)33(9-5-21-65-51(59)60)28-41(76)35(11-6-22-66-52(61)62)69-46(81)31(26-30(2)73)14-17-42(55)77/h29,31-38H,3-28,54H2,1-2H3,(H2,55,77)(H2,56,78)(H2,57,79)(H2,58,80)(H,68,82)(H,69,81)(H,70,83)(H,71,84)(H4,59,60,65)(H4,61,62,66)(H4,63,64,67)/t29-,31-,32-,33-,34+,35+,36+,37+,38+/m1/s1. The number of rotatable bonds is 46. The van der Waals surface area contributed by atoms with Crippen molar-refractivity contribution in [3.05, 3.63) is 0 Å². The molecule has 1 fully saturated rings. The van der Waals surface area contributed by atoms with Crippen molar-refractivity contribution < 1.29 is 62.3 Å². The highest BCUT2D eigenvalue weighted by molar-refractivity contribution is 5.99. The van der Waals surface area contributed by atoms with Gasteiger partial charge in [0, 0.05) is 94.8 Å². The van der Waals surface area contributed by atoms with Crippen LogP contribution in [0.1, 0.15) is 149 Å². The summed E-state index contributed by atoms with van der Waals surface area (Å²) >= 11 is 0. The van der Waals surface area contributed by atoms with E-state index in [9.17, 15) is 62.3 Å². The number of amides is 9. The summed E-state index contributed by atoms with van der Waals surface area (Å²) in [5, 5.41) is 10.6. The number of carbonyl (C=O) groups is 13. The number of guanidine groups is 3. The molecule has 0 unspecified atom stereocenters. The van der Waals surface area contributed by atoms with E-state index >= 15 is 0 Å². The Bertz CT molecular complexity index is 2410. The molecule has 0 aromatic carbocycles. The molecule has 1 rings (SSSR count). The number of hydrogen-bond acceptors (Lipinski definition) is 17. The number of carbonyl (C=O) groups excluding carboxylic acids is 13. The number of nitrogens with two attached hydrogens (primary N) is 11. The zero-order valence-corrected chi connectivity index (χ0v) is 49.0. The molecule has 26 N–H and O–H groups in total. The number of nitrogens with zero attached hydrogens (tertiary/aromatic N) is 4. The van der Waals surface area contributed by atoms with Crippen LogP contribution in [-0.4, -0.2) is 162 Å². The van der Waals surface area contributed by atoms with Gasteiger partial charge in [-0.3, -0.25) is 72.5 Å². The van der Waals surface area contributed by atoms with Crippen molar-refractivity contribution in [3.63, 3.8) is 0 Å². The van der Waals surface area contributed by atoms with Crippen LogP contribution in [0, 0.1) is 23.7 Å². The largest absolute Gasteiger partial charge is 0.370 e. The summed E-state index contributed by atoms with van der Waals surface area (Å²) in [7, 11) is 0. The number of ketones is 4. The van der Waals surface area contributed by atoms with Gasteiger partial charge in [-0.2, -0.15) is 0 Å². The normalized spacial score (nSPS) is 15.6. The quantitative estimate of drug-likeness (QED) is 0.0154. The van der Waals surface area contributed by atoms with Gasteiger partial charge < -0.3 is 94.0 Å². The molecule has 0 aromatic heterocycles. The van der Waals surface area contributed by atoms with Gasteiger partial charge in [0.2, 0.25) is 53.2 Å². The average molecular weight is 1200 g/mol. The minimum absolute atomic E-state index is 0.00343. The first kappa shape index (κ1) is 74.7. The van der Waals surface area contributed by atoms with Gasteiger partial charge in [0.1, 0.15) is 17.9 Å². The fourth-order valence-electron chi connectivity index (χ4n) is 9.46. The van der Waals surface area contributed by atoms with Crippen LogP contribution in [0.2, 0.25) is 0 Å². The van der Waals surface area contributed by atoms with Gasteiger partial charge in [0.25, 0.3) is 0 Å². The van der Waals surface area contributed by atoms with Gasteiger partial charge in [0.05, 0.1) is 18.1 Å². The maximum Gasteiger partial charge on any atom is 0.243 e. The highest BCUT2D eigenvalue weighted by Crippen LogP contribution is 2.26. The van der Waals surface area contributed by atoms with E-state index in [1.54, 1.807) is 0 Å². The number of aliphatic imine (C=N–C) groups is 3. The topological polar surface area (TPSA) is 597 Å². The highest BCUT2D eigenvalue weighted by Gasteiger charge is 2.41. The molecular weight excluding hydrogens is 1110 g/mol. The van der Waals surface area contributed by atoms with E-state index in [1.165, 1.54) is 18.7 Å². The van der Waals surface area contributed by atoms with Gasteiger partial charge in [-0.1, -0.05) is 6.92 Å². The molecule has 0 radical (unpaired) electrons. The molecule has 0 aromatic rings. The van der Waals surface area contributed by atoms with Crippen molar-refractivity contribution in [1.29, 1.82) is 0 Å². The first-order chi connectivity index (χ1) is 40.0. The molecule has 1 aliphatic heterocycles. The van der Waals surface area contributed by atoms with E-state index in [-0.39, 0.29) is 153 Å². The Morgan fingerprint density at radius 2 is 0.882 bits per heavy atom. The summed E-state index contributed by atoms with van der Waals surface area (Å²) in [6, 6.07) is -6.61. The number of Topliss-reactive ketones (excluding diaryl/α,β-unsaturated/α-hetero) is 4. The Kier molecular flexibility index (Phi) is 35.2. The summed E-state index contributed by atoms with van der Waals surface area (Å²) < 4.78 is 0. The number of nitrogens with one attached hydrogen (secondary N) is 4. The highest BCUT2D eigenvalue weighted by atomic mass is 16.2. The summed E-state index contributed by atoms with van der Waals surface area (Å²) in [5.41, 5.74) is 60.5. The summed E-state index contributed by atoms with van der Waals surface area (Å²) in [6.45, 7) is 3.09. The van der Waals surface area contributed by atoms with E-state index in [2.05, 4.69) is 36.2 Å². The third kappa shape index (κ3) is 31.2. The molecular formula is C53H93N19O13. The van der Waals surface area contributed by atoms with Crippen molar-refractivity contribution >= 4 is 94.2 Å². The number of primary amides is 4. The van der Waals surface area contributed by atoms with Crippen LogP contribution in [0.15, 0.2) is 15.0 Å². The minimum atomic E-state index is -1.57. The summed E-state index contributed by atoms with van der Waals surface area (Å²) in [6.07, 6.45) is -1.76. The number of hydrogen-bond donors (Lipinski definition) is 15. The van der Waals surface area contributed by atoms with E-state index in [0.29, 0.717) is 12.8 Å². The second kappa shape index (κ2) is 40.0. The van der Waals surface area contributed by atoms with E-state index < -0.39 is 150 Å². The fourth-order valence-corrected chi connectivity index (χ4v) is 9.46. The van der Waals surface area contributed by atoms with Crippen molar-refractivity contribution in [1.82, 2.24) is 26.2 Å². The predicted octanol–water partition coefficient (Wildman–Crippen LogP) is -5.17. The Morgan fingerprint density at radius 3 is 1.32 bits per heavy atom. The third-order valence-electron chi connectivity index (χ3n) is 14.1. The molecule has 85 heavy (non-hydrogen) atoms. The Balaban J connectivity index is 3.71. The van der Waals surface area contributed by atoms with E-state index in [4.69, 9.17) is 63.1 Å². The van der Waals surface area contributed by atoms with Crippen molar-refractivity contribution in [2.24, 2.45) is 102 Å². The molecule has 0 spiro atoms. The molecule has 0 saturated carbocycles. The van der Waals surface area contributed by atoms with E-state index in [1.807, 2.05) is 0 Å². The maximum atomic E-state index is 14.7. The molecule has 1 heterocycles. The average Bonchev–Trinajstić information content (AvgIpc) is 4.19. The van der Waals surface area contributed by atoms with Gasteiger partial charge in [-0.15, -0.1) is 0 Å². The van der Waals surface area contributed by atoms with Crippen LogP contribution in [0.4, 0.5) is 0 Å². The number of likely N-dealkylation sites (tertiary alicyclic amines) is 1. The maximum absolute atomic E-state index is 14.7. The second-order valence-corrected chi connectivity index (χ2v) is 21.4. The molecule has 9 amide bonds. The Morgan fingerprint density at radius 1 is 0.471 bits per heavy atom. The monoisotopic (exact) mass is 1200 g/mol. The predicted molar refractivity (Wildman–Crippen MR) is 313 cm³/mol. The lowest BCUT2D eigenvalue weighted by molar-refractivity contribution is -0.144. The summed E-state index contributed by atoms with van der Waals surface area (Å²) in [4.78, 5) is 186. The molecule has 9 atom stereocenters. The lowest BCUT2D eigenvalue weighted by Gasteiger charge is -2.30. The van der Waals surface area contributed by atoms with Crippen LogP contribution >= 0.6 is 0 Å². The molecule has 0 bridgehead atoms.